The van der Waals surface area contributed by atoms with E-state index in [2.05, 4.69) is 15.0 Å². The fourth-order valence-electron chi connectivity index (χ4n) is 4.35. The SMILES string of the molecule is CCc1c(-c2ccccn2)cccc1S(=O)(=O)N[C@@H](CNC(=O)c1csc(Cl)c1)C(=O)N1CCOC[C@@H]1C. The monoisotopic (exact) mass is 576 g/mol. The molecule has 0 spiro atoms. The van der Waals surface area contributed by atoms with Crippen LogP contribution in [-0.2, 0) is 26.0 Å². The van der Waals surface area contributed by atoms with Crippen LogP contribution in [0.1, 0.15) is 29.8 Å². The molecule has 0 aliphatic carbocycles. The van der Waals surface area contributed by atoms with Crippen molar-refractivity contribution in [2.24, 2.45) is 0 Å². The van der Waals surface area contributed by atoms with Gasteiger partial charge in [0.15, 0.2) is 0 Å². The van der Waals surface area contributed by atoms with E-state index in [-0.39, 0.29) is 17.5 Å². The molecular weight excluding hydrogens is 548 g/mol. The smallest absolute Gasteiger partial charge is 0.252 e. The average Bonchev–Trinajstić information content (AvgIpc) is 3.37. The Morgan fingerprint density at radius 1 is 1.26 bits per heavy atom. The molecule has 2 N–H and O–H groups in total. The molecule has 202 valence electrons. The summed E-state index contributed by atoms with van der Waals surface area (Å²) in [5.74, 6) is -0.890. The first kappa shape index (κ1) is 28.2. The van der Waals surface area contributed by atoms with Gasteiger partial charge in [0.1, 0.15) is 6.04 Å². The number of morpholine rings is 1. The van der Waals surface area contributed by atoms with Gasteiger partial charge in [-0.15, -0.1) is 11.3 Å². The zero-order valence-corrected chi connectivity index (χ0v) is 23.4. The third kappa shape index (κ3) is 6.41. The van der Waals surface area contributed by atoms with E-state index >= 15 is 0 Å². The Balaban J connectivity index is 1.64. The lowest BCUT2D eigenvalue weighted by Gasteiger charge is -2.36. The van der Waals surface area contributed by atoms with Crippen LogP contribution in [0.4, 0.5) is 0 Å². The van der Waals surface area contributed by atoms with Crippen LogP contribution in [-0.4, -0.2) is 68.5 Å². The van der Waals surface area contributed by atoms with Crippen LogP contribution in [0.3, 0.4) is 0 Å². The minimum absolute atomic E-state index is 0.0620. The number of benzene rings is 1. The topological polar surface area (TPSA) is 118 Å². The number of halogens is 1. The van der Waals surface area contributed by atoms with Crippen molar-refractivity contribution in [3.63, 3.8) is 0 Å². The number of nitrogens with zero attached hydrogens (tertiary/aromatic N) is 2. The molecule has 2 aromatic heterocycles. The first-order valence-electron chi connectivity index (χ1n) is 12.2. The quantitative estimate of drug-likeness (QED) is 0.403. The first-order valence-corrected chi connectivity index (χ1v) is 14.9. The number of hydrogen-bond donors (Lipinski definition) is 2. The summed E-state index contributed by atoms with van der Waals surface area (Å²) >= 11 is 7.15. The maximum Gasteiger partial charge on any atom is 0.252 e. The van der Waals surface area contributed by atoms with Crippen LogP contribution in [0.2, 0.25) is 4.34 Å². The van der Waals surface area contributed by atoms with Gasteiger partial charge in [-0.05, 0) is 43.2 Å². The van der Waals surface area contributed by atoms with Gasteiger partial charge in [0, 0.05) is 30.2 Å². The van der Waals surface area contributed by atoms with Crippen molar-refractivity contribution in [3.05, 3.63) is 69.5 Å². The third-order valence-corrected chi connectivity index (χ3v) is 8.91. The first-order chi connectivity index (χ1) is 18.2. The van der Waals surface area contributed by atoms with E-state index in [9.17, 15) is 18.0 Å². The van der Waals surface area contributed by atoms with Gasteiger partial charge in [-0.1, -0.05) is 36.7 Å². The van der Waals surface area contributed by atoms with Crippen molar-refractivity contribution in [3.8, 4) is 11.3 Å². The fraction of sp³-hybridized carbons (Fsp3) is 0.346. The van der Waals surface area contributed by atoms with Crippen molar-refractivity contribution >= 4 is 44.8 Å². The second kappa shape index (κ2) is 12.4. The number of ether oxygens (including phenoxy) is 1. The Hall–Kier alpha value is -2.83. The molecule has 38 heavy (non-hydrogen) atoms. The number of carbonyl (C=O) groups excluding carboxylic acids is 2. The minimum Gasteiger partial charge on any atom is -0.377 e. The number of nitrogens with one attached hydrogen (secondary N) is 2. The molecule has 2 amide bonds. The molecule has 1 aliphatic rings. The highest BCUT2D eigenvalue weighted by Gasteiger charge is 2.34. The van der Waals surface area contributed by atoms with Crippen molar-refractivity contribution in [1.29, 1.82) is 0 Å². The molecule has 4 rings (SSSR count). The molecule has 0 saturated carbocycles. The molecule has 2 atom stereocenters. The highest BCUT2D eigenvalue weighted by atomic mass is 35.5. The maximum atomic E-state index is 13.7. The molecule has 1 saturated heterocycles. The van der Waals surface area contributed by atoms with E-state index in [1.165, 1.54) is 23.5 Å². The highest BCUT2D eigenvalue weighted by Crippen LogP contribution is 2.28. The Kier molecular flexibility index (Phi) is 9.16. The lowest BCUT2D eigenvalue weighted by Crippen LogP contribution is -2.58. The molecule has 12 heteroatoms. The van der Waals surface area contributed by atoms with Crippen LogP contribution in [0, 0.1) is 0 Å². The van der Waals surface area contributed by atoms with Crippen LogP contribution >= 0.6 is 22.9 Å². The van der Waals surface area contributed by atoms with E-state index in [4.69, 9.17) is 16.3 Å². The third-order valence-electron chi connectivity index (χ3n) is 6.26. The zero-order chi connectivity index (χ0) is 27.3. The molecule has 0 unspecified atom stereocenters. The summed E-state index contributed by atoms with van der Waals surface area (Å²) in [6.07, 6.45) is 2.08. The lowest BCUT2D eigenvalue weighted by atomic mass is 10.0. The van der Waals surface area contributed by atoms with Gasteiger partial charge >= 0.3 is 0 Å². The molecule has 0 bridgehead atoms. The number of amides is 2. The number of thiophene rings is 1. The van der Waals surface area contributed by atoms with Gasteiger partial charge in [-0.25, -0.2) is 8.42 Å². The number of carbonyl (C=O) groups is 2. The van der Waals surface area contributed by atoms with Gasteiger partial charge in [-0.2, -0.15) is 4.72 Å². The number of pyridine rings is 1. The Morgan fingerprint density at radius 3 is 2.74 bits per heavy atom. The summed E-state index contributed by atoms with van der Waals surface area (Å²) in [5, 5.41) is 4.28. The summed E-state index contributed by atoms with van der Waals surface area (Å²) < 4.78 is 35.9. The molecule has 9 nitrogen and oxygen atoms in total. The summed E-state index contributed by atoms with van der Waals surface area (Å²) in [5.41, 5.74) is 2.27. The van der Waals surface area contributed by atoms with Crippen LogP contribution in [0.25, 0.3) is 11.3 Å². The zero-order valence-electron chi connectivity index (χ0n) is 21.0. The molecule has 1 aliphatic heterocycles. The molecule has 3 aromatic rings. The van der Waals surface area contributed by atoms with Gasteiger partial charge in [0.2, 0.25) is 15.9 Å². The second-order valence-electron chi connectivity index (χ2n) is 8.83. The van der Waals surface area contributed by atoms with Gasteiger partial charge in [0.25, 0.3) is 5.91 Å². The molecular formula is C26H29ClN4O5S2. The van der Waals surface area contributed by atoms with Gasteiger partial charge < -0.3 is 15.0 Å². The maximum absolute atomic E-state index is 13.7. The number of sulfonamides is 1. The predicted molar refractivity (Wildman–Crippen MR) is 147 cm³/mol. The van der Waals surface area contributed by atoms with Crippen LogP contribution < -0.4 is 10.0 Å². The number of hydrogen-bond acceptors (Lipinski definition) is 7. The van der Waals surface area contributed by atoms with Crippen LogP contribution in [0.15, 0.2) is 58.9 Å². The van der Waals surface area contributed by atoms with Crippen molar-refractivity contribution in [1.82, 2.24) is 19.9 Å². The summed E-state index contributed by atoms with van der Waals surface area (Å²) in [6, 6.07) is 10.5. The average molecular weight is 577 g/mol. The molecule has 3 heterocycles. The molecule has 1 fully saturated rings. The summed E-state index contributed by atoms with van der Waals surface area (Å²) in [4.78, 5) is 32.3. The number of rotatable bonds is 9. The molecule has 1 aromatic carbocycles. The van der Waals surface area contributed by atoms with E-state index < -0.39 is 27.9 Å². The predicted octanol–water partition coefficient (Wildman–Crippen LogP) is 3.35. The Morgan fingerprint density at radius 2 is 2.08 bits per heavy atom. The summed E-state index contributed by atoms with van der Waals surface area (Å²) in [7, 11) is -4.17. The standard InChI is InChI=1S/C26H29ClN4O5S2/c1-3-19-20(21-8-4-5-10-28-21)7-6-9-23(19)38(34,35)30-22(26(33)31-11-12-36-15-17(31)2)14-29-25(32)18-13-24(27)37-16-18/h4-10,13,16-17,22,30H,3,11-12,14-15H2,1-2H3,(H,29,32)/t17-,22-/m0/s1. The molecule has 0 radical (unpaired) electrons. The number of aromatic nitrogens is 1. The normalized spacial score (nSPS) is 16.7. The largest absolute Gasteiger partial charge is 0.377 e. The second-order valence-corrected chi connectivity index (χ2v) is 12.1. The van der Waals surface area contributed by atoms with E-state index in [0.717, 1.165) is 0 Å². The minimum atomic E-state index is -4.17. The van der Waals surface area contributed by atoms with Crippen LogP contribution in [0.5, 0.6) is 0 Å². The van der Waals surface area contributed by atoms with Gasteiger partial charge in [0.05, 0.1) is 39.7 Å². The van der Waals surface area contributed by atoms with Crippen molar-refractivity contribution < 1.29 is 22.7 Å². The summed E-state index contributed by atoms with van der Waals surface area (Å²) in [6.45, 7) is 4.47. The van der Waals surface area contributed by atoms with Gasteiger partial charge in [-0.3, -0.25) is 14.6 Å². The van der Waals surface area contributed by atoms with E-state index in [1.54, 1.807) is 28.6 Å². The van der Waals surface area contributed by atoms with E-state index in [0.29, 0.717) is 52.9 Å². The fourth-order valence-corrected chi connectivity index (χ4v) is 6.74. The van der Waals surface area contributed by atoms with Crippen molar-refractivity contribution in [2.45, 2.75) is 37.2 Å². The Bertz CT molecular complexity index is 1400. The van der Waals surface area contributed by atoms with Crippen molar-refractivity contribution in [2.75, 3.05) is 26.3 Å². The Labute approximate surface area is 231 Å². The van der Waals surface area contributed by atoms with E-state index in [1.807, 2.05) is 32.0 Å². The highest BCUT2D eigenvalue weighted by molar-refractivity contribution is 7.89. The lowest BCUT2D eigenvalue weighted by molar-refractivity contribution is -0.140.